The number of hydrogen-bond donors (Lipinski definition) is 2. The van der Waals surface area contributed by atoms with Crippen molar-refractivity contribution in [2.75, 3.05) is 26.2 Å². The maximum Gasteiger partial charge on any atom is 0.267 e. The van der Waals surface area contributed by atoms with Gasteiger partial charge in [0.15, 0.2) is 0 Å². The number of carbonyl (C=O) groups excluding carboxylic acids is 1. The SMILES string of the molecule is CCCCCn1c(=O)c(C(=O)NCCN(CC)CC)c(O)c2ccccc21. The van der Waals surface area contributed by atoms with Crippen LogP contribution in [0, 0.1) is 0 Å². The van der Waals surface area contributed by atoms with Crippen LogP contribution in [-0.4, -0.2) is 46.7 Å². The lowest BCUT2D eigenvalue weighted by Crippen LogP contribution is -2.38. The van der Waals surface area contributed by atoms with Gasteiger partial charge in [-0.25, -0.2) is 0 Å². The molecular weight excluding hydrogens is 342 g/mol. The quantitative estimate of drug-likeness (QED) is 0.628. The van der Waals surface area contributed by atoms with Crippen molar-refractivity contribution >= 4 is 16.8 Å². The number of aromatic nitrogens is 1. The molecule has 6 nitrogen and oxygen atoms in total. The number of nitrogens with one attached hydrogen (secondary N) is 1. The van der Waals surface area contributed by atoms with Crippen LogP contribution < -0.4 is 10.9 Å². The average Bonchev–Trinajstić information content (AvgIpc) is 2.68. The third kappa shape index (κ3) is 4.89. The number of unbranched alkanes of at least 4 members (excludes halogenated alkanes) is 2. The van der Waals surface area contributed by atoms with Crippen LogP contribution in [0.4, 0.5) is 0 Å². The third-order valence-electron chi connectivity index (χ3n) is 4.97. The molecule has 0 unspecified atom stereocenters. The zero-order chi connectivity index (χ0) is 19.8. The Morgan fingerprint density at radius 2 is 1.85 bits per heavy atom. The molecule has 1 heterocycles. The molecule has 1 amide bonds. The third-order valence-corrected chi connectivity index (χ3v) is 4.97. The fraction of sp³-hybridized carbons (Fsp3) is 0.524. The van der Waals surface area contributed by atoms with Crippen LogP contribution in [0.15, 0.2) is 29.1 Å². The summed E-state index contributed by atoms with van der Waals surface area (Å²) in [6.07, 6.45) is 2.91. The Labute approximate surface area is 160 Å². The van der Waals surface area contributed by atoms with E-state index in [-0.39, 0.29) is 11.3 Å². The smallest absolute Gasteiger partial charge is 0.267 e. The number of benzene rings is 1. The summed E-state index contributed by atoms with van der Waals surface area (Å²) in [7, 11) is 0. The Morgan fingerprint density at radius 1 is 1.15 bits per heavy atom. The van der Waals surface area contributed by atoms with Gasteiger partial charge >= 0.3 is 0 Å². The van der Waals surface area contributed by atoms with Crippen molar-refractivity contribution in [2.24, 2.45) is 0 Å². The summed E-state index contributed by atoms with van der Waals surface area (Å²) in [5, 5.41) is 13.9. The van der Waals surface area contributed by atoms with Gasteiger partial charge in [-0.1, -0.05) is 45.7 Å². The molecule has 27 heavy (non-hydrogen) atoms. The minimum absolute atomic E-state index is 0.162. The number of para-hydroxylation sites is 1. The van der Waals surface area contributed by atoms with Crippen molar-refractivity contribution in [1.82, 2.24) is 14.8 Å². The molecule has 0 saturated carbocycles. The summed E-state index contributed by atoms with van der Waals surface area (Å²) in [6.45, 7) is 9.71. The lowest BCUT2D eigenvalue weighted by molar-refractivity contribution is 0.0944. The highest BCUT2D eigenvalue weighted by Gasteiger charge is 2.21. The van der Waals surface area contributed by atoms with Gasteiger partial charge in [-0.05, 0) is 31.6 Å². The number of fused-ring (bicyclic) bond motifs is 1. The highest BCUT2D eigenvalue weighted by Crippen LogP contribution is 2.26. The number of aryl methyl sites for hydroxylation is 1. The van der Waals surface area contributed by atoms with Gasteiger partial charge in [0, 0.05) is 25.0 Å². The number of hydrogen-bond acceptors (Lipinski definition) is 4. The van der Waals surface area contributed by atoms with Gasteiger partial charge in [0.1, 0.15) is 11.3 Å². The summed E-state index contributed by atoms with van der Waals surface area (Å²) in [5.74, 6) is -0.748. The van der Waals surface area contributed by atoms with Crippen molar-refractivity contribution in [2.45, 2.75) is 46.6 Å². The second kappa shape index (κ2) is 10.1. The number of pyridine rings is 1. The Kier molecular flexibility index (Phi) is 7.85. The van der Waals surface area contributed by atoms with Crippen LogP contribution in [0.3, 0.4) is 0 Å². The minimum Gasteiger partial charge on any atom is -0.506 e. The van der Waals surface area contributed by atoms with Gasteiger partial charge in [-0.3, -0.25) is 9.59 Å². The Bertz CT molecular complexity index is 825. The van der Waals surface area contributed by atoms with Crippen LogP contribution in [0.5, 0.6) is 5.75 Å². The lowest BCUT2D eigenvalue weighted by Gasteiger charge is -2.18. The highest BCUT2D eigenvalue weighted by atomic mass is 16.3. The zero-order valence-electron chi connectivity index (χ0n) is 16.6. The van der Waals surface area contributed by atoms with Crippen LogP contribution in [0.2, 0.25) is 0 Å². The maximum atomic E-state index is 13.0. The van der Waals surface area contributed by atoms with E-state index in [1.54, 1.807) is 16.7 Å². The molecule has 148 valence electrons. The van der Waals surface area contributed by atoms with E-state index < -0.39 is 11.5 Å². The first-order chi connectivity index (χ1) is 13.0. The number of likely N-dealkylation sites (N-methyl/N-ethyl adjacent to an activating group) is 1. The fourth-order valence-electron chi connectivity index (χ4n) is 3.29. The molecule has 0 bridgehead atoms. The normalized spacial score (nSPS) is 11.3. The van der Waals surface area contributed by atoms with E-state index in [0.717, 1.165) is 32.4 Å². The number of aromatic hydroxyl groups is 1. The molecule has 1 aromatic heterocycles. The summed E-state index contributed by atoms with van der Waals surface area (Å²) >= 11 is 0. The van der Waals surface area contributed by atoms with Crippen molar-refractivity contribution < 1.29 is 9.90 Å². The first-order valence-corrected chi connectivity index (χ1v) is 9.90. The highest BCUT2D eigenvalue weighted by molar-refractivity contribution is 6.02. The van der Waals surface area contributed by atoms with Crippen molar-refractivity contribution in [3.05, 3.63) is 40.2 Å². The minimum atomic E-state index is -0.514. The topological polar surface area (TPSA) is 74.6 Å². The number of nitrogens with zero attached hydrogens (tertiary/aromatic N) is 2. The van der Waals surface area contributed by atoms with Crippen LogP contribution in [0.25, 0.3) is 10.9 Å². The Morgan fingerprint density at radius 3 is 2.52 bits per heavy atom. The van der Waals surface area contributed by atoms with E-state index in [1.807, 2.05) is 12.1 Å². The van der Waals surface area contributed by atoms with Crippen molar-refractivity contribution in [3.63, 3.8) is 0 Å². The van der Waals surface area contributed by atoms with Gasteiger partial charge in [0.2, 0.25) is 0 Å². The first-order valence-electron chi connectivity index (χ1n) is 9.90. The molecule has 0 spiro atoms. The van der Waals surface area contributed by atoms with Crippen LogP contribution in [0.1, 0.15) is 50.4 Å². The van der Waals surface area contributed by atoms with Crippen molar-refractivity contribution in [1.29, 1.82) is 0 Å². The van der Waals surface area contributed by atoms with Crippen LogP contribution in [-0.2, 0) is 6.54 Å². The number of amides is 1. The van der Waals surface area contributed by atoms with E-state index >= 15 is 0 Å². The van der Waals surface area contributed by atoms with Crippen molar-refractivity contribution in [3.8, 4) is 5.75 Å². The monoisotopic (exact) mass is 373 g/mol. The molecule has 0 radical (unpaired) electrons. The molecular formula is C21H31N3O3. The van der Waals surface area contributed by atoms with E-state index in [2.05, 4.69) is 31.0 Å². The predicted octanol–water partition coefficient (Wildman–Crippen LogP) is 2.97. The van der Waals surface area contributed by atoms with E-state index in [9.17, 15) is 14.7 Å². The maximum absolute atomic E-state index is 13.0. The Balaban J connectivity index is 2.35. The summed E-state index contributed by atoms with van der Waals surface area (Å²) in [5.41, 5.74) is 0.0724. The Hall–Kier alpha value is -2.34. The fourth-order valence-corrected chi connectivity index (χ4v) is 3.29. The number of carbonyl (C=O) groups is 1. The predicted molar refractivity (Wildman–Crippen MR) is 110 cm³/mol. The molecule has 2 aromatic rings. The van der Waals surface area contributed by atoms with Crippen LogP contribution >= 0.6 is 0 Å². The molecule has 0 aliphatic heterocycles. The average molecular weight is 373 g/mol. The van der Waals surface area contributed by atoms with Gasteiger partial charge in [0.25, 0.3) is 11.5 Å². The number of rotatable bonds is 10. The second-order valence-electron chi connectivity index (χ2n) is 6.69. The molecule has 0 aliphatic rings. The largest absolute Gasteiger partial charge is 0.506 e. The molecule has 2 N–H and O–H groups in total. The van der Waals surface area contributed by atoms with Gasteiger partial charge in [-0.15, -0.1) is 0 Å². The van der Waals surface area contributed by atoms with E-state index in [0.29, 0.717) is 30.5 Å². The van der Waals surface area contributed by atoms with E-state index in [4.69, 9.17) is 0 Å². The summed E-state index contributed by atoms with van der Waals surface area (Å²) in [6, 6.07) is 7.18. The molecule has 0 saturated heterocycles. The molecule has 0 aliphatic carbocycles. The first kappa shape index (κ1) is 21.0. The molecule has 0 atom stereocenters. The molecule has 0 fully saturated rings. The summed E-state index contributed by atoms with van der Waals surface area (Å²) < 4.78 is 1.62. The van der Waals surface area contributed by atoms with Gasteiger partial charge in [0.05, 0.1) is 5.52 Å². The second-order valence-corrected chi connectivity index (χ2v) is 6.69. The molecule has 2 rings (SSSR count). The van der Waals surface area contributed by atoms with Gasteiger partial charge in [-0.2, -0.15) is 0 Å². The zero-order valence-corrected chi connectivity index (χ0v) is 16.6. The molecule has 1 aromatic carbocycles. The lowest BCUT2D eigenvalue weighted by atomic mass is 10.1. The standard InChI is InChI=1S/C21H31N3O3/c1-4-7-10-14-24-17-12-9-8-11-16(17)19(25)18(21(24)27)20(26)22-13-15-23(5-2)6-3/h8-9,11-12,25H,4-7,10,13-15H2,1-3H3,(H,22,26). The molecule has 6 heteroatoms. The van der Waals surface area contributed by atoms with E-state index in [1.165, 1.54) is 0 Å². The van der Waals surface area contributed by atoms with Gasteiger partial charge < -0.3 is 19.9 Å². The summed E-state index contributed by atoms with van der Waals surface area (Å²) in [4.78, 5) is 27.8.